The molecule has 0 saturated heterocycles. The van der Waals surface area contributed by atoms with Crippen molar-refractivity contribution in [3.63, 3.8) is 0 Å². The molecule has 2 rings (SSSR count). The summed E-state index contributed by atoms with van der Waals surface area (Å²) in [5.41, 5.74) is 1.38. The second-order valence-electron chi connectivity index (χ2n) is 4.69. The lowest BCUT2D eigenvalue weighted by molar-refractivity contribution is 0.301. The van der Waals surface area contributed by atoms with E-state index in [1.54, 1.807) is 19.2 Å². The van der Waals surface area contributed by atoms with Crippen LogP contribution in [0.3, 0.4) is 0 Å². The molecule has 0 aromatic heterocycles. The number of hydrogen-bond acceptors (Lipinski definition) is 4. The lowest BCUT2D eigenvalue weighted by atomic mass is 10.2. The zero-order valence-electron chi connectivity index (χ0n) is 12.5. The van der Waals surface area contributed by atoms with Crippen molar-refractivity contribution >= 4 is 17.3 Å². The van der Waals surface area contributed by atoms with Crippen LogP contribution in [0, 0.1) is 11.3 Å². The number of methoxy groups -OCH3 is 1. The van der Waals surface area contributed by atoms with E-state index in [-0.39, 0.29) is 0 Å². The molecule has 0 heterocycles. The Morgan fingerprint density at radius 3 is 2.59 bits per heavy atom. The SMILES string of the molecule is COc1ccccc1OCCN(C)c1ccc(Cl)cc1C#N. The van der Waals surface area contributed by atoms with E-state index in [1.165, 1.54) is 0 Å². The van der Waals surface area contributed by atoms with Crippen LogP contribution in [0.4, 0.5) is 5.69 Å². The Morgan fingerprint density at radius 2 is 1.91 bits per heavy atom. The van der Waals surface area contributed by atoms with E-state index in [9.17, 15) is 5.26 Å². The van der Waals surface area contributed by atoms with Crippen molar-refractivity contribution in [1.29, 1.82) is 5.26 Å². The standard InChI is InChI=1S/C17H17ClN2O2/c1-20(15-8-7-14(18)11-13(15)12-19)9-10-22-17-6-4-3-5-16(17)21-2/h3-8,11H,9-10H2,1-2H3. The number of nitrogens with zero attached hydrogens (tertiary/aromatic N) is 2. The topological polar surface area (TPSA) is 45.5 Å². The van der Waals surface area contributed by atoms with Gasteiger partial charge >= 0.3 is 0 Å². The van der Waals surface area contributed by atoms with Gasteiger partial charge in [-0.2, -0.15) is 5.26 Å². The molecule has 22 heavy (non-hydrogen) atoms. The molecular weight excluding hydrogens is 300 g/mol. The molecule has 0 saturated carbocycles. The lowest BCUT2D eigenvalue weighted by Crippen LogP contribution is -2.24. The van der Waals surface area contributed by atoms with Gasteiger partial charge in [0, 0.05) is 12.1 Å². The Labute approximate surface area is 135 Å². The molecule has 2 aromatic rings. The van der Waals surface area contributed by atoms with Gasteiger partial charge in [0.1, 0.15) is 12.7 Å². The average molecular weight is 317 g/mol. The molecule has 114 valence electrons. The molecular formula is C17H17ClN2O2. The summed E-state index contributed by atoms with van der Waals surface area (Å²) in [5, 5.41) is 9.74. The number of likely N-dealkylation sites (N-methyl/N-ethyl adjacent to an activating group) is 1. The minimum Gasteiger partial charge on any atom is -0.493 e. The smallest absolute Gasteiger partial charge is 0.161 e. The minimum atomic E-state index is 0.477. The molecule has 0 aliphatic heterocycles. The fourth-order valence-electron chi connectivity index (χ4n) is 2.08. The number of anilines is 1. The summed E-state index contributed by atoms with van der Waals surface area (Å²) < 4.78 is 11.0. The first-order valence-electron chi connectivity index (χ1n) is 6.82. The van der Waals surface area contributed by atoms with Crippen LogP contribution in [-0.4, -0.2) is 27.3 Å². The molecule has 0 amide bonds. The van der Waals surface area contributed by atoms with Crippen molar-refractivity contribution in [2.45, 2.75) is 0 Å². The van der Waals surface area contributed by atoms with Crippen molar-refractivity contribution in [2.24, 2.45) is 0 Å². The van der Waals surface area contributed by atoms with Crippen molar-refractivity contribution < 1.29 is 9.47 Å². The van der Waals surface area contributed by atoms with Crippen LogP contribution in [0.15, 0.2) is 42.5 Å². The second-order valence-corrected chi connectivity index (χ2v) is 5.13. The van der Waals surface area contributed by atoms with E-state index < -0.39 is 0 Å². The predicted octanol–water partition coefficient (Wildman–Crippen LogP) is 3.74. The van der Waals surface area contributed by atoms with Crippen molar-refractivity contribution in [2.75, 3.05) is 32.2 Å². The van der Waals surface area contributed by atoms with Crippen molar-refractivity contribution in [3.05, 3.63) is 53.1 Å². The van der Waals surface area contributed by atoms with E-state index in [0.717, 1.165) is 5.69 Å². The highest BCUT2D eigenvalue weighted by Gasteiger charge is 2.09. The normalized spacial score (nSPS) is 9.91. The number of para-hydroxylation sites is 2. The van der Waals surface area contributed by atoms with E-state index in [4.69, 9.17) is 21.1 Å². The Morgan fingerprint density at radius 1 is 1.18 bits per heavy atom. The summed E-state index contributed by atoms with van der Waals surface area (Å²) in [6.45, 7) is 1.11. The molecule has 0 spiro atoms. The summed E-state index contributed by atoms with van der Waals surface area (Å²) in [5.74, 6) is 1.41. The summed E-state index contributed by atoms with van der Waals surface area (Å²) in [4.78, 5) is 1.96. The van der Waals surface area contributed by atoms with E-state index in [2.05, 4.69) is 6.07 Å². The maximum atomic E-state index is 9.18. The van der Waals surface area contributed by atoms with E-state index in [0.29, 0.717) is 35.2 Å². The van der Waals surface area contributed by atoms with Crippen LogP contribution in [0.1, 0.15) is 5.56 Å². The zero-order valence-corrected chi connectivity index (χ0v) is 13.3. The summed E-state index contributed by atoms with van der Waals surface area (Å²) >= 11 is 5.91. The molecule has 0 unspecified atom stereocenters. The zero-order chi connectivity index (χ0) is 15.9. The first-order chi connectivity index (χ1) is 10.7. The van der Waals surface area contributed by atoms with Crippen LogP contribution >= 0.6 is 11.6 Å². The largest absolute Gasteiger partial charge is 0.493 e. The molecule has 0 aliphatic carbocycles. The highest BCUT2D eigenvalue weighted by Crippen LogP contribution is 2.26. The van der Waals surface area contributed by atoms with Crippen LogP contribution in [0.2, 0.25) is 5.02 Å². The lowest BCUT2D eigenvalue weighted by Gasteiger charge is -2.21. The quantitative estimate of drug-likeness (QED) is 0.814. The molecule has 0 fully saturated rings. The Kier molecular flexibility index (Phi) is 5.51. The first-order valence-corrected chi connectivity index (χ1v) is 7.20. The molecule has 0 N–H and O–H groups in total. The fraction of sp³-hybridized carbons (Fsp3) is 0.235. The van der Waals surface area contributed by atoms with Gasteiger partial charge in [0.05, 0.1) is 24.9 Å². The van der Waals surface area contributed by atoms with Crippen LogP contribution in [-0.2, 0) is 0 Å². The van der Waals surface area contributed by atoms with Gasteiger partial charge in [0.15, 0.2) is 11.5 Å². The molecule has 4 nitrogen and oxygen atoms in total. The Hall–Kier alpha value is -2.38. The van der Waals surface area contributed by atoms with Gasteiger partial charge in [-0.3, -0.25) is 0 Å². The number of halogens is 1. The van der Waals surface area contributed by atoms with Crippen molar-refractivity contribution in [1.82, 2.24) is 0 Å². The number of hydrogen-bond donors (Lipinski definition) is 0. The van der Waals surface area contributed by atoms with Crippen LogP contribution < -0.4 is 14.4 Å². The number of ether oxygens (including phenoxy) is 2. The highest BCUT2D eigenvalue weighted by molar-refractivity contribution is 6.30. The van der Waals surface area contributed by atoms with Gasteiger partial charge in [0.25, 0.3) is 0 Å². The van der Waals surface area contributed by atoms with Crippen LogP contribution in [0.25, 0.3) is 0 Å². The molecule has 5 heteroatoms. The molecule has 0 bridgehead atoms. The first kappa shape index (κ1) is 16.0. The highest BCUT2D eigenvalue weighted by atomic mass is 35.5. The summed E-state index contributed by atoms with van der Waals surface area (Å²) in [7, 11) is 3.52. The molecule has 0 aliphatic rings. The molecule has 2 aromatic carbocycles. The van der Waals surface area contributed by atoms with Gasteiger partial charge in [-0.05, 0) is 30.3 Å². The molecule has 0 atom stereocenters. The van der Waals surface area contributed by atoms with Gasteiger partial charge in [-0.15, -0.1) is 0 Å². The van der Waals surface area contributed by atoms with Gasteiger partial charge in [0.2, 0.25) is 0 Å². The monoisotopic (exact) mass is 316 g/mol. The predicted molar refractivity (Wildman–Crippen MR) is 87.9 cm³/mol. The number of rotatable bonds is 6. The third-order valence-electron chi connectivity index (χ3n) is 3.24. The fourth-order valence-corrected chi connectivity index (χ4v) is 2.25. The minimum absolute atomic E-state index is 0.477. The Bertz CT molecular complexity index is 683. The number of benzene rings is 2. The third kappa shape index (κ3) is 3.84. The van der Waals surface area contributed by atoms with Crippen molar-refractivity contribution in [3.8, 4) is 17.6 Å². The number of nitriles is 1. The molecule has 0 radical (unpaired) electrons. The van der Waals surface area contributed by atoms with E-state index >= 15 is 0 Å². The van der Waals surface area contributed by atoms with Gasteiger partial charge in [-0.25, -0.2) is 0 Å². The van der Waals surface area contributed by atoms with Crippen LogP contribution in [0.5, 0.6) is 11.5 Å². The van der Waals surface area contributed by atoms with Gasteiger partial charge < -0.3 is 14.4 Å². The Balaban J connectivity index is 1.99. The summed E-state index contributed by atoms with van der Waals surface area (Å²) in [6.07, 6.45) is 0. The average Bonchev–Trinajstić information content (AvgIpc) is 2.54. The van der Waals surface area contributed by atoms with Gasteiger partial charge in [-0.1, -0.05) is 23.7 Å². The van der Waals surface area contributed by atoms with E-state index in [1.807, 2.05) is 42.3 Å². The maximum absolute atomic E-state index is 9.18. The maximum Gasteiger partial charge on any atom is 0.161 e. The second kappa shape index (κ2) is 7.58. The third-order valence-corrected chi connectivity index (χ3v) is 3.48. The summed E-state index contributed by atoms with van der Waals surface area (Å²) in [6, 6.07) is 14.9.